The number of nitrogens with one attached hydrogen (secondary N) is 1. The van der Waals surface area contributed by atoms with Crippen LogP contribution in [0, 0.1) is 11.7 Å². The Morgan fingerprint density at radius 2 is 2.32 bits per heavy atom. The fourth-order valence-electron chi connectivity index (χ4n) is 2.96. The Bertz CT molecular complexity index is 448. The molecule has 0 radical (unpaired) electrons. The van der Waals surface area contributed by atoms with Crippen molar-refractivity contribution in [1.29, 1.82) is 0 Å². The van der Waals surface area contributed by atoms with Gasteiger partial charge in [0.2, 0.25) is 0 Å². The standard InChI is InChI=1S/C15H20FNOS/c1-10(11-5-7-18-9-11)17-14-6-8-19-15-12(14)3-2-4-13(15)16/h2-4,10-11,14,17H,5-9H2,1H3. The van der Waals surface area contributed by atoms with Crippen LogP contribution in [0.15, 0.2) is 23.1 Å². The Hall–Kier alpha value is -0.580. The molecule has 3 unspecified atom stereocenters. The van der Waals surface area contributed by atoms with Gasteiger partial charge < -0.3 is 10.1 Å². The van der Waals surface area contributed by atoms with Crippen LogP contribution in [-0.2, 0) is 4.74 Å². The summed E-state index contributed by atoms with van der Waals surface area (Å²) in [6, 6.07) is 6.13. The summed E-state index contributed by atoms with van der Waals surface area (Å²) in [6.07, 6.45) is 2.20. The maximum atomic E-state index is 13.8. The Morgan fingerprint density at radius 3 is 3.11 bits per heavy atom. The molecule has 1 aromatic carbocycles. The van der Waals surface area contributed by atoms with Gasteiger partial charge >= 0.3 is 0 Å². The van der Waals surface area contributed by atoms with Gasteiger partial charge in [-0.05, 0) is 43.1 Å². The van der Waals surface area contributed by atoms with Gasteiger partial charge in [-0.2, -0.15) is 0 Å². The molecular weight excluding hydrogens is 261 g/mol. The number of benzene rings is 1. The molecule has 1 aromatic rings. The summed E-state index contributed by atoms with van der Waals surface area (Å²) in [7, 11) is 0. The van der Waals surface area contributed by atoms with Gasteiger partial charge in [0.1, 0.15) is 5.82 Å². The van der Waals surface area contributed by atoms with Crippen molar-refractivity contribution in [2.24, 2.45) is 5.92 Å². The highest BCUT2D eigenvalue weighted by Gasteiger charge is 2.28. The SMILES string of the molecule is CC(NC1CCSc2c(F)cccc21)C1CCOC1. The van der Waals surface area contributed by atoms with E-state index in [0.29, 0.717) is 12.0 Å². The molecule has 2 aliphatic heterocycles. The van der Waals surface area contributed by atoms with Gasteiger partial charge in [-0.25, -0.2) is 4.39 Å². The van der Waals surface area contributed by atoms with Crippen LogP contribution in [0.3, 0.4) is 0 Å². The molecule has 104 valence electrons. The maximum Gasteiger partial charge on any atom is 0.137 e. The molecule has 0 saturated carbocycles. The Kier molecular flexibility index (Phi) is 4.10. The number of halogens is 1. The van der Waals surface area contributed by atoms with E-state index in [0.717, 1.165) is 42.3 Å². The molecule has 2 heterocycles. The van der Waals surface area contributed by atoms with Crippen LogP contribution in [0.5, 0.6) is 0 Å². The van der Waals surface area contributed by atoms with Gasteiger partial charge in [-0.15, -0.1) is 11.8 Å². The maximum absolute atomic E-state index is 13.8. The second kappa shape index (κ2) is 5.81. The molecule has 1 N–H and O–H groups in total. The van der Waals surface area contributed by atoms with Crippen molar-refractivity contribution in [3.8, 4) is 0 Å². The molecule has 4 heteroatoms. The Balaban J connectivity index is 1.74. The van der Waals surface area contributed by atoms with Crippen LogP contribution in [0.25, 0.3) is 0 Å². The zero-order valence-corrected chi connectivity index (χ0v) is 12.0. The molecule has 0 bridgehead atoms. The normalized spacial score (nSPS) is 28.1. The lowest BCUT2D eigenvalue weighted by atomic mass is 9.97. The molecule has 0 spiro atoms. The minimum atomic E-state index is -0.0779. The Labute approximate surface area is 118 Å². The summed E-state index contributed by atoms with van der Waals surface area (Å²) in [4.78, 5) is 0.834. The predicted octanol–water partition coefficient (Wildman–Crippen LogP) is 3.38. The van der Waals surface area contributed by atoms with Crippen molar-refractivity contribution in [2.45, 2.75) is 36.7 Å². The largest absolute Gasteiger partial charge is 0.381 e. The summed E-state index contributed by atoms with van der Waals surface area (Å²) in [6.45, 7) is 3.95. The average Bonchev–Trinajstić information content (AvgIpc) is 2.94. The van der Waals surface area contributed by atoms with E-state index in [2.05, 4.69) is 18.3 Å². The molecule has 1 saturated heterocycles. The molecule has 19 heavy (non-hydrogen) atoms. The summed E-state index contributed by atoms with van der Waals surface area (Å²) >= 11 is 1.64. The number of ether oxygens (including phenoxy) is 1. The molecule has 0 aliphatic carbocycles. The van der Waals surface area contributed by atoms with Gasteiger partial charge in [0.15, 0.2) is 0 Å². The first-order valence-electron chi connectivity index (χ1n) is 7.00. The van der Waals surface area contributed by atoms with Crippen LogP contribution < -0.4 is 5.32 Å². The fraction of sp³-hybridized carbons (Fsp3) is 0.600. The molecule has 2 aliphatic rings. The smallest absolute Gasteiger partial charge is 0.137 e. The van der Waals surface area contributed by atoms with E-state index in [-0.39, 0.29) is 11.9 Å². The molecule has 0 aromatic heterocycles. The Morgan fingerprint density at radius 1 is 1.42 bits per heavy atom. The average molecular weight is 281 g/mol. The molecule has 0 amide bonds. The monoisotopic (exact) mass is 281 g/mol. The van der Waals surface area contributed by atoms with E-state index in [1.807, 2.05) is 6.07 Å². The highest BCUT2D eigenvalue weighted by molar-refractivity contribution is 7.99. The quantitative estimate of drug-likeness (QED) is 0.918. The third-order valence-electron chi connectivity index (χ3n) is 4.16. The zero-order valence-electron chi connectivity index (χ0n) is 11.2. The number of thioether (sulfide) groups is 1. The zero-order chi connectivity index (χ0) is 13.2. The van der Waals surface area contributed by atoms with E-state index in [1.165, 1.54) is 0 Å². The van der Waals surface area contributed by atoms with Crippen molar-refractivity contribution >= 4 is 11.8 Å². The first-order chi connectivity index (χ1) is 9.25. The highest BCUT2D eigenvalue weighted by Crippen LogP contribution is 2.38. The molecule has 1 fully saturated rings. The lowest BCUT2D eigenvalue weighted by molar-refractivity contribution is 0.176. The number of hydrogen-bond donors (Lipinski definition) is 1. The minimum absolute atomic E-state index is 0.0779. The third-order valence-corrected chi connectivity index (χ3v) is 5.32. The summed E-state index contributed by atoms with van der Waals surface area (Å²) < 4.78 is 19.3. The van der Waals surface area contributed by atoms with Crippen LogP contribution >= 0.6 is 11.8 Å². The predicted molar refractivity (Wildman–Crippen MR) is 76.0 cm³/mol. The van der Waals surface area contributed by atoms with Crippen molar-refractivity contribution < 1.29 is 9.13 Å². The summed E-state index contributed by atoms with van der Waals surface area (Å²) in [5.41, 5.74) is 1.13. The van der Waals surface area contributed by atoms with Gasteiger partial charge in [0.25, 0.3) is 0 Å². The third kappa shape index (κ3) is 2.81. The lowest BCUT2D eigenvalue weighted by Gasteiger charge is -2.31. The van der Waals surface area contributed by atoms with Crippen molar-refractivity contribution in [2.75, 3.05) is 19.0 Å². The van der Waals surface area contributed by atoms with E-state index in [9.17, 15) is 4.39 Å². The van der Waals surface area contributed by atoms with Gasteiger partial charge in [-0.3, -0.25) is 0 Å². The molecule has 2 nitrogen and oxygen atoms in total. The van der Waals surface area contributed by atoms with E-state index < -0.39 is 0 Å². The van der Waals surface area contributed by atoms with Gasteiger partial charge in [-0.1, -0.05) is 12.1 Å². The van der Waals surface area contributed by atoms with Crippen molar-refractivity contribution in [3.05, 3.63) is 29.6 Å². The minimum Gasteiger partial charge on any atom is -0.381 e. The fourth-order valence-corrected chi connectivity index (χ4v) is 4.10. The number of hydrogen-bond acceptors (Lipinski definition) is 3. The van der Waals surface area contributed by atoms with Gasteiger partial charge in [0.05, 0.1) is 6.61 Å². The first kappa shape index (κ1) is 13.4. The van der Waals surface area contributed by atoms with Crippen LogP contribution in [0.1, 0.15) is 31.4 Å². The first-order valence-corrected chi connectivity index (χ1v) is 7.99. The van der Waals surface area contributed by atoms with Gasteiger partial charge in [0, 0.05) is 23.6 Å². The van der Waals surface area contributed by atoms with Crippen LogP contribution in [-0.4, -0.2) is 25.0 Å². The summed E-state index contributed by atoms with van der Waals surface area (Å²) in [5, 5.41) is 3.68. The molecular formula is C15H20FNOS. The molecule has 3 rings (SSSR count). The number of fused-ring (bicyclic) bond motifs is 1. The van der Waals surface area contributed by atoms with Crippen molar-refractivity contribution in [3.63, 3.8) is 0 Å². The number of rotatable bonds is 3. The topological polar surface area (TPSA) is 21.3 Å². The van der Waals surface area contributed by atoms with E-state index in [1.54, 1.807) is 17.8 Å². The van der Waals surface area contributed by atoms with Crippen molar-refractivity contribution in [1.82, 2.24) is 5.32 Å². The summed E-state index contributed by atoms with van der Waals surface area (Å²) in [5.74, 6) is 1.50. The lowest BCUT2D eigenvalue weighted by Crippen LogP contribution is -2.38. The van der Waals surface area contributed by atoms with Crippen LogP contribution in [0.2, 0.25) is 0 Å². The van der Waals surface area contributed by atoms with E-state index in [4.69, 9.17) is 4.74 Å². The van der Waals surface area contributed by atoms with E-state index >= 15 is 0 Å². The molecule has 3 atom stereocenters. The van der Waals surface area contributed by atoms with Crippen LogP contribution in [0.4, 0.5) is 4.39 Å². The second-order valence-corrected chi connectivity index (χ2v) is 6.53. The highest BCUT2D eigenvalue weighted by atomic mass is 32.2. The second-order valence-electron chi connectivity index (χ2n) is 5.43.